The number of nitrogens with zero attached hydrogens (tertiary/aromatic N) is 2. The van der Waals surface area contributed by atoms with Crippen LogP contribution in [0.15, 0.2) is 114 Å². The number of ether oxygens (including phenoxy) is 1. The Labute approximate surface area is 288 Å². The molecule has 2 amide bonds. The normalized spacial score (nSPS) is 16.4. The largest absolute Gasteiger partial charge is 0.480 e. The summed E-state index contributed by atoms with van der Waals surface area (Å²) in [5.74, 6) is -1.37. The zero-order valence-electron chi connectivity index (χ0n) is 28.4. The summed E-state index contributed by atoms with van der Waals surface area (Å²) >= 11 is 0. The van der Waals surface area contributed by atoms with Gasteiger partial charge in [0.25, 0.3) is 0 Å². The first-order valence-corrected chi connectivity index (χ1v) is 16.6. The van der Waals surface area contributed by atoms with Crippen LogP contribution >= 0.6 is 0 Å². The molecule has 0 aromatic heterocycles. The number of anilines is 1. The lowest BCUT2D eigenvalue weighted by molar-refractivity contribution is -0.139. The molecule has 5 rings (SSSR count). The highest BCUT2D eigenvalue weighted by atomic mass is 16.6. The van der Waals surface area contributed by atoms with Crippen molar-refractivity contribution in [2.24, 2.45) is 4.99 Å². The minimum atomic E-state index is -1.45. The molecule has 0 aliphatic carbocycles. The van der Waals surface area contributed by atoms with Crippen molar-refractivity contribution in [1.29, 1.82) is 0 Å². The van der Waals surface area contributed by atoms with Gasteiger partial charge in [0.1, 0.15) is 5.60 Å². The van der Waals surface area contributed by atoms with Gasteiger partial charge in [-0.2, -0.15) is 0 Å². The van der Waals surface area contributed by atoms with Gasteiger partial charge in [0.2, 0.25) is 5.91 Å². The molecule has 0 bridgehead atoms. The molecule has 0 radical (unpaired) electrons. The van der Waals surface area contributed by atoms with E-state index in [0.717, 1.165) is 30.5 Å². The summed E-state index contributed by atoms with van der Waals surface area (Å²) in [6.07, 6.45) is 0.884. The predicted molar refractivity (Wildman–Crippen MR) is 192 cm³/mol. The molecule has 1 saturated heterocycles. The number of likely N-dealkylation sites (tertiary alicyclic amines) is 1. The molecule has 1 aliphatic heterocycles. The zero-order valence-corrected chi connectivity index (χ0v) is 28.4. The van der Waals surface area contributed by atoms with Crippen LogP contribution in [0, 0.1) is 6.92 Å². The molecule has 0 spiro atoms. The van der Waals surface area contributed by atoms with E-state index in [4.69, 9.17) is 9.73 Å². The van der Waals surface area contributed by atoms with Crippen LogP contribution in [-0.4, -0.2) is 57.9 Å². The van der Waals surface area contributed by atoms with E-state index in [1.54, 1.807) is 39.0 Å². The predicted octanol–water partition coefficient (Wildman–Crippen LogP) is 7.15. The first-order valence-electron chi connectivity index (χ1n) is 16.6. The number of aliphatic carboxylic acids is 1. The number of aryl methyl sites for hydroxylation is 1. The Morgan fingerprint density at radius 2 is 1.53 bits per heavy atom. The van der Waals surface area contributed by atoms with E-state index in [1.807, 2.05) is 85.8 Å². The van der Waals surface area contributed by atoms with Crippen molar-refractivity contribution in [3.8, 4) is 0 Å². The quantitative estimate of drug-likeness (QED) is 0.147. The number of carboxylic acid groups (broad SMARTS) is 1. The molecule has 1 fully saturated rings. The Morgan fingerprint density at radius 3 is 2.18 bits per heavy atom. The topological polar surface area (TPSA) is 120 Å². The smallest absolute Gasteiger partial charge is 0.408 e. The average Bonchev–Trinajstić information content (AvgIpc) is 3.53. The fraction of sp³-hybridized carbons (Fsp3) is 0.300. The molecular weight excluding hydrogens is 616 g/mol. The Balaban J connectivity index is 1.53. The first kappa shape index (κ1) is 35.0. The molecule has 9 nitrogen and oxygen atoms in total. The number of rotatable bonds is 11. The Kier molecular flexibility index (Phi) is 11.3. The van der Waals surface area contributed by atoms with Gasteiger partial charge in [-0.25, -0.2) is 9.59 Å². The van der Waals surface area contributed by atoms with Crippen LogP contribution in [0.1, 0.15) is 67.5 Å². The molecule has 49 heavy (non-hydrogen) atoms. The van der Waals surface area contributed by atoms with Crippen LogP contribution < -0.4 is 10.6 Å². The molecule has 254 valence electrons. The summed E-state index contributed by atoms with van der Waals surface area (Å²) in [5.41, 5.74) is 3.96. The number of para-hydroxylation sites is 1. The third-order valence-corrected chi connectivity index (χ3v) is 8.33. The molecule has 1 aliphatic rings. The lowest BCUT2D eigenvalue weighted by Crippen LogP contribution is -2.42. The Morgan fingerprint density at radius 1 is 0.898 bits per heavy atom. The second kappa shape index (κ2) is 15.7. The molecule has 0 unspecified atom stereocenters. The second-order valence-corrected chi connectivity index (χ2v) is 13.3. The number of carbonyl (C=O) groups excluding carboxylic acids is 2. The van der Waals surface area contributed by atoms with E-state index in [1.165, 1.54) is 0 Å². The Hall–Kier alpha value is -5.28. The van der Waals surface area contributed by atoms with Crippen LogP contribution in [-0.2, 0) is 20.9 Å². The van der Waals surface area contributed by atoms with Gasteiger partial charge >= 0.3 is 12.1 Å². The number of aliphatic imine (C=N–C) groups is 1. The van der Waals surface area contributed by atoms with Crippen LogP contribution in [0.4, 0.5) is 10.5 Å². The zero-order chi connectivity index (χ0) is 35.0. The van der Waals surface area contributed by atoms with E-state index in [2.05, 4.69) is 27.7 Å². The maximum atomic E-state index is 13.9. The monoisotopic (exact) mass is 660 g/mol. The number of carbonyl (C=O) groups is 3. The first-order chi connectivity index (χ1) is 23.5. The van der Waals surface area contributed by atoms with Crippen molar-refractivity contribution in [3.63, 3.8) is 0 Å². The molecule has 1 heterocycles. The van der Waals surface area contributed by atoms with Gasteiger partial charge in [-0.1, -0.05) is 109 Å². The standard InChI is InChI=1S/C40H44N4O5/c1-27-21-23-30(24-22-27)35(43-39(48)49-40(2,3)4)36(38(46)47)42-34(29-16-9-6-10-17-29)31-18-11-12-19-32(31)41-37(45)33-20-13-25-44(33)26-28-14-7-5-8-15-28/h5-12,14-19,21-24,33,35-36H,13,20,25-26H2,1-4H3,(H,41,45)(H,43,48)(H,46,47)/t33-,35+,36-/m0/s1. The summed E-state index contributed by atoms with van der Waals surface area (Å²) in [5, 5.41) is 16.6. The lowest BCUT2D eigenvalue weighted by atomic mass is 9.96. The number of alkyl carbamates (subject to hydrolysis) is 1. The molecule has 4 aromatic carbocycles. The number of hydrogen-bond donors (Lipinski definition) is 3. The van der Waals surface area contributed by atoms with Gasteiger partial charge in [-0.15, -0.1) is 0 Å². The van der Waals surface area contributed by atoms with Crippen molar-refractivity contribution < 1.29 is 24.2 Å². The van der Waals surface area contributed by atoms with Crippen molar-refractivity contribution in [1.82, 2.24) is 10.2 Å². The van der Waals surface area contributed by atoms with Crippen LogP contribution in [0.2, 0.25) is 0 Å². The third-order valence-electron chi connectivity index (χ3n) is 8.33. The number of hydrogen-bond acceptors (Lipinski definition) is 6. The number of benzene rings is 4. The summed E-state index contributed by atoms with van der Waals surface area (Å²) in [4.78, 5) is 47.1. The summed E-state index contributed by atoms with van der Waals surface area (Å²) < 4.78 is 5.53. The minimum Gasteiger partial charge on any atom is -0.480 e. The van der Waals surface area contributed by atoms with Gasteiger partial charge in [-0.05, 0) is 64.3 Å². The van der Waals surface area contributed by atoms with Gasteiger partial charge < -0.3 is 20.5 Å². The van der Waals surface area contributed by atoms with E-state index >= 15 is 0 Å². The van der Waals surface area contributed by atoms with Crippen LogP contribution in [0.3, 0.4) is 0 Å². The highest BCUT2D eigenvalue weighted by Crippen LogP contribution is 2.28. The SMILES string of the molecule is Cc1ccc([C@@H](NC(=O)OC(C)(C)C)[C@H](N=C(c2ccccc2)c2ccccc2NC(=O)[C@@H]2CCCN2Cc2ccccc2)C(=O)O)cc1. The highest BCUT2D eigenvalue weighted by Gasteiger charge is 2.34. The fourth-order valence-corrected chi connectivity index (χ4v) is 6.00. The van der Waals surface area contributed by atoms with Crippen molar-refractivity contribution in [3.05, 3.63) is 137 Å². The molecule has 4 aromatic rings. The Bertz CT molecular complexity index is 1770. The van der Waals surface area contributed by atoms with Gasteiger partial charge in [-0.3, -0.25) is 14.7 Å². The van der Waals surface area contributed by atoms with Gasteiger partial charge in [0.05, 0.1) is 23.5 Å². The molecule has 3 N–H and O–H groups in total. The summed E-state index contributed by atoms with van der Waals surface area (Å²) in [6, 6.07) is 31.0. The third kappa shape index (κ3) is 9.42. The lowest BCUT2D eigenvalue weighted by Gasteiger charge is -2.27. The molecular formula is C40H44N4O5. The van der Waals surface area contributed by atoms with Crippen molar-refractivity contribution in [2.75, 3.05) is 11.9 Å². The molecule has 3 atom stereocenters. The van der Waals surface area contributed by atoms with Crippen LogP contribution in [0.5, 0.6) is 0 Å². The highest BCUT2D eigenvalue weighted by molar-refractivity contribution is 6.17. The molecule has 0 saturated carbocycles. The van der Waals surface area contributed by atoms with Gasteiger partial charge in [0.15, 0.2) is 6.04 Å². The maximum absolute atomic E-state index is 13.9. The number of carboxylic acids is 1. The van der Waals surface area contributed by atoms with Gasteiger partial charge in [0, 0.05) is 17.7 Å². The number of amides is 2. The summed E-state index contributed by atoms with van der Waals surface area (Å²) in [6.45, 7) is 8.64. The van der Waals surface area contributed by atoms with Crippen molar-refractivity contribution in [2.45, 2.75) is 70.8 Å². The minimum absolute atomic E-state index is 0.132. The fourth-order valence-electron chi connectivity index (χ4n) is 6.00. The van der Waals surface area contributed by atoms with E-state index in [9.17, 15) is 19.5 Å². The second-order valence-electron chi connectivity index (χ2n) is 13.3. The summed E-state index contributed by atoms with van der Waals surface area (Å²) in [7, 11) is 0. The number of nitrogens with one attached hydrogen (secondary N) is 2. The average molecular weight is 661 g/mol. The molecule has 9 heteroatoms. The van der Waals surface area contributed by atoms with Crippen LogP contribution in [0.25, 0.3) is 0 Å². The van der Waals surface area contributed by atoms with Crippen molar-refractivity contribution >= 4 is 29.4 Å². The van der Waals surface area contributed by atoms with E-state index in [-0.39, 0.29) is 11.9 Å². The maximum Gasteiger partial charge on any atom is 0.408 e. The van der Waals surface area contributed by atoms with E-state index < -0.39 is 29.7 Å². The van der Waals surface area contributed by atoms with E-state index in [0.29, 0.717) is 34.6 Å².